The van der Waals surface area contributed by atoms with Crippen LogP contribution >= 0.6 is 15.9 Å². The standard InChI is InChI=1S/C12H17BrN4/c13-11-6-14-8-16-12(11)15-5-9-3-4-17(7-9)10-1-2-10/h6,8-10H,1-5,7H2,(H,14,15,16). The van der Waals surface area contributed by atoms with Crippen molar-refractivity contribution in [1.82, 2.24) is 14.9 Å². The number of hydrogen-bond donors (Lipinski definition) is 1. The first-order chi connectivity index (χ1) is 8.33. The van der Waals surface area contributed by atoms with Crippen LogP contribution in [-0.2, 0) is 0 Å². The van der Waals surface area contributed by atoms with Gasteiger partial charge in [-0.3, -0.25) is 0 Å². The van der Waals surface area contributed by atoms with Crippen LogP contribution in [0.25, 0.3) is 0 Å². The van der Waals surface area contributed by atoms with E-state index in [2.05, 4.69) is 36.1 Å². The smallest absolute Gasteiger partial charge is 0.143 e. The maximum Gasteiger partial charge on any atom is 0.143 e. The second-order valence-corrected chi connectivity index (χ2v) is 5.84. The van der Waals surface area contributed by atoms with E-state index in [1.54, 1.807) is 12.5 Å². The molecule has 0 aromatic carbocycles. The Bertz CT molecular complexity index is 394. The molecule has 1 aliphatic carbocycles. The van der Waals surface area contributed by atoms with Crippen LogP contribution in [0.5, 0.6) is 0 Å². The Morgan fingerprint density at radius 3 is 3.06 bits per heavy atom. The lowest BCUT2D eigenvalue weighted by Gasteiger charge is -2.15. The van der Waals surface area contributed by atoms with E-state index in [0.29, 0.717) is 0 Å². The molecular formula is C12H17BrN4. The normalized spacial score (nSPS) is 25.1. The van der Waals surface area contributed by atoms with Crippen molar-refractivity contribution in [2.75, 3.05) is 25.0 Å². The molecule has 17 heavy (non-hydrogen) atoms. The zero-order chi connectivity index (χ0) is 11.7. The Kier molecular flexibility index (Phi) is 3.29. The Hall–Kier alpha value is -0.680. The minimum Gasteiger partial charge on any atom is -0.369 e. The number of halogens is 1. The van der Waals surface area contributed by atoms with E-state index in [1.807, 2.05) is 0 Å². The highest BCUT2D eigenvalue weighted by Gasteiger charge is 2.34. The predicted octanol–water partition coefficient (Wildman–Crippen LogP) is 2.14. The van der Waals surface area contributed by atoms with Crippen LogP contribution in [0.2, 0.25) is 0 Å². The van der Waals surface area contributed by atoms with Gasteiger partial charge in [0.05, 0.1) is 4.47 Å². The molecule has 0 spiro atoms. The lowest BCUT2D eigenvalue weighted by atomic mass is 10.1. The summed E-state index contributed by atoms with van der Waals surface area (Å²) in [6, 6.07) is 0.908. The highest BCUT2D eigenvalue weighted by atomic mass is 79.9. The third-order valence-corrected chi connectivity index (χ3v) is 4.19. The average molecular weight is 297 g/mol. The molecule has 0 bridgehead atoms. The molecule has 92 valence electrons. The Morgan fingerprint density at radius 2 is 2.29 bits per heavy atom. The van der Waals surface area contributed by atoms with Crippen molar-refractivity contribution < 1.29 is 0 Å². The Labute approximate surface area is 110 Å². The van der Waals surface area contributed by atoms with Gasteiger partial charge in [0.2, 0.25) is 0 Å². The van der Waals surface area contributed by atoms with Gasteiger partial charge < -0.3 is 10.2 Å². The molecule has 1 aliphatic heterocycles. The predicted molar refractivity (Wildman–Crippen MR) is 70.9 cm³/mol. The first-order valence-electron chi connectivity index (χ1n) is 6.26. The summed E-state index contributed by atoms with van der Waals surface area (Å²) in [5, 5.41) is 3.41. The summed E-state index contributed by atoms with van der Waals surface area (Å²) >= 11 is 3.45. The second kappa shape index (κ2) is 4.90. The summed E-state index contributed by atoms with van der Waals surface area (Å²) in [5.74, 6) is 1.67. The third kappa shape index (κ3) is 2.77. The molecule has 1 aromatic heterocycles. The number of anilines is 1. The van der Waals surface area contributed by atoms with Gasteiger partial charge in [-0.15, -0.1) is 0 Å². The summed E-state index contributed by atoms with van der Waals surface area (Å²) < 4.78 is 0.942. The molecule has 1 N–H and O–H groups in total. The molecule has 2 aliphatic rings. The highest BCUT2D eigenvalue weighted by Crippen LogP contribution is 2.31. The fraction of sp³-hybridized carbons (Fsp3) is 0.667. The SMILES string of the molecule is Brc1cncnc1NCC1CCN(C2CC2)C1. The van der Waals surface area contributed by atoms with Gasteiger partial charge in [-0.2, -0.15) is 0 Å². The third-order valence-electron chi connectivity index (χ3n) is 3.61. The van der Waals surface area contributed by atoms with Gasteiger partial charge in [-0.25, -0.2) is 9.97 Å². The number of aromatic nitrogens is 2. The molecule has 1 aromatic rings. The van der Waals surface area contributed by atoms with Crippen LogP contribution in [0.3, 0.4) is 0 Å². The summed E-state index contributed by atoms with van der Waals surface area (Å²) in [6.07, 6.45) is 7.50. The van der Waals surface area contributed by atoms with Crippen LogP contribution in [0.4, 0.5) is 5.82 Å². The van der Waals surface area contributed by atoms with Crippen molar-refractivity contribution in [1.29, 1.82) is 0 Å². The van der Waals surface area contributed by atoms with Crippen molar-refractivity contribution in [2.24, 2.45) is 5.92 Å². The van der Waals surface area contributed by atoms with Crippen LogP contribution < -0.4 is 5.32 Å². The molecule has 1 atom stereocenters. The van der Waals surface area contributed by atoms with Crippen molar-refractivity contribution >= 4 is 21.7 Å². The van der Waals surface area contributed by atoms with Gasteiger partial charge in [0, 0.05) is 25.3 Å². The molecule has 3 rings (SSSR count). The quantitative estimate of drug-likeness (QED) is 0.924. The summed E-state index contributed by atoms with van der Waals surface area (Å²) in [4.78, 5) is 10.8. The first-order valence-corrected chi connectivity index (χ1v) is 7.05. The van der Waals surface area contributed by atoms with Gasteiger partial charge in [0.1, 0.15) is 12.1 Å². The number of nitrogens with zero attached hydrogens (tertiary/aromatic N) is 3. The summed E-state index contributed by atoms with van der Waals surface area (Å²) in [5.41, 5.74) is 0. The van der Waals surface area contributed by atoms with Crippen molar-refractivity contribution in [3.05, 3.63) is 17.0 Å². The zero-order valence-electron chi connectivity index (χ0n) is 9.77. The van der Waals surface area contributed by atoms with Crippen LogP contribution in [0.15, 0.2) is 17.0 Å². The van der Waals surface area contributed by atoms with E-state index in [9.17, 15) is 0 Å². The highest BCUT2D eigenvalue weighted by molar-refractivity contribution is 9.10. The van der Waals surface area contributed by atoms with E-state index in [-0.39, 0.29) is 0 Å². The summed E-state index contributed by atoms with van der Waals surface area (Å²) in [7, 11) is 0. The van der Waals surface area contributed by atoms with Gasteiger partial charge in [0.25, 0.3) is 0 Å². The zero-order valence-corrected chi connectivity index (χ0v) is 11.4. The fourth-order valence-corrected chi connectivity index (χ4v) is 2.85. The Morgan fingerprint density at radius 1 is 1.41 bits per heavy atom. The monoisotopic (exact) mass is 296 g/mol. The van der Waals surface area contributed by atoms with E-state index in [4.69, 9.17) is 0 Å². The molecule has 1 unspecified atom stereocenters. The molecule has 1 saturated carbocycles. The Balaban J connectivity index is 1.50. The van der Waals surface area contributed by atoms with Crippen LogP contribution in [0.1, 0.15) is 19.3 Å². The molecular weight excluding hydrogens is 280 g/mol. The number of hydrogen-bond acceptors (Lipinski definition) is 4. The van der Waals surface area contributed by atoms with E-state index < -0.39 is 0 Å². The molecule has 5 heteroatoms. The molecule has 1 saturated heterocycles. The van der Waals surface area contributed by atoms with Gasteiger partial charge >= 0.3 is 0 Å². The lowest BCUT2D eigenvalue weighted by molar-refractivity contribution is 0.316. The lowest BCUT2D eigenvalue weighted by Crippen LogP contribution is -2.25. The van der Waals surface area contributed by atoms with Crippen molar-refractivity contribution in [3.63, 3.8) is 0 Å². The molecule has 2 fully saturated rings. The van der Waals surface area contributed by atoms with Crippen LogP contribution in [0, 0.1) is 5.92 Å². The minimum absolute atomic E-state index is 0.762. The second-order valence-electron chi connectivity index (χ2n) is 4.98. The molecule has 2 heterocycles. The maximum atomic E-state index is 4.22. The fourth-order valence-electron chi connectivity index (χ4n) is 2.48. The molecule has 0 radical (unpaired) electrons. The van der Waals surface area contributed by atoms with E-state index >= 15 is 0 Å². The number of nitrogens with one attached hydrogen (secondary N) is 1. The minimum atomic E-state index is 0.762. The van der Waals surface area contributed by atoms with E-state index in [0.717, 1.165) is 28.8 Å². The first kappa shape index (κ1) is 11.4. The van der Waals surface area contributed by atoms with Crippen molar-refractivity contribution in [3.8, 4) is 0 Å². The van der Waals surface area contributed by atoms with E-state index in [1.165, 1.54) is 32.4 Å². The van der Waals surface area contributed by atoms with Crippen LogP contribution in [-0.4, -0.2) is 40.5 Å². The van der Waals surface area contributed by atoms with Gasteiger partial charge in [-0.1, -0.05) is 0 Å². The maximum absolute atomic E-state index is 4.22. The largest absolute Gasteiger partial charge is 0.369 e. The van der Waals surface area contributed by atoms with Gasteiger partial charge in [-0.05, 0) is 47.7 Å². The average Bonchev–Trinajstić information content (AvgIpc) is 3.08. The number of likely N-dealkylation sites (tertiary alicyclic amines) is 1. The molecule has 4 nitrogen and oxygen atoms in total. The van der Waals surface area contributed by atoms with Crippen molar-refractivity contribution in [2.45, 2.75) is 25.3 Å². The number of rotatable bonds is 4. The topological polar surface area (TPSA) is 41.1 Å². The van der Waals surface area contributed by atoms with Gasteiger partial charge in [0.15, 0.2) is 0 Å². The summed E-state index contributed by atoms with van der Waals surface area (Å²) in [6.45, 7) is 3.54. The molecule has 0 amide bonds.